The summed E-state index contributed by atoms with van der Waals surface area (Å²) in [7, 11) is 0. The van der Waals surface area contributed by atoms with Crippen LogP contribution in [-0.4, -0.2) is 0 Å². The summed E-state index contributed by atoms with van der Waals surface area (Å²) >= 11 is 0. The van der Waals surface area contributed by atoms with Gasteiger partial charge in [0.05, 0.1) is 0 Å². The summed E-state index contributed by atoms with van der Waals surface area (Å²) in [6.07, 6.45) is 8.98. The Hall–Kier alpha value is -2.86. The molecule has 144 valence electrons. The smallest absolute Gasteiger partial charge is 0.0158 e. The zero-order valence-corrected chi connectivity index (χ0v) is 17.8. The van der Waals surface area contributed by atoms with Gasteiger partial charge in [0.15, 0.2) is 0 Å². The van der Waals surface area contributed by atoms with Gasteiger partial charge in [-0.25, -0.2) is 0 Å². The zero-order valence-electron chi connectivity index (χ0n) is 17.8. The molecule has 0 nitrogen and oxygen atoms in total. The lowest BCUT2D eigenvalue weighted by atomic mass is 9.81. The van der Waals surface area contributed by atoms with Gasteiger partial charge in [0.25, 0.3) is 0 Å². The molecule has 0 N–H and O–H groups in total. The van der Waals surface area contributed by atoms with E-state index in [1.165, 1.54) is 55.6 Å². The topological polar surface area (TPSA) is 0 Å². The fourth-order valence-electron chi connectivity index (χ4n) is 5.10. The summed E-state index contributed by atoms with van der Waals surface area (Å²) in [6, 6.07) is 20.8. The van der Waals surface area contributed by atoms with Gasteiger partial charge in [0, 0.05) is 5.41 Å². The molecule has 2 aliphatic rings. The number of aryl methyl sites for hydroxylation is 2. The third-order valence-corrected chi connectivity index (χ3v) is 6.84. The average Bonchev–Trinajstić information content (AvgIpc) is 2.96. The fraction of sp³-hybridized carbons (Fsp3) is 0.241. The Bertz CT molecular complexity index is 1180. The van der Waals surface area contributed by atoms with Gasteiger partial charge in [0.2, 0.25) is 0 Å². The largest absolute Gasteiger partial charge is 0.0842 e. The van der Waals surface area contributed by atoms with Gasteiger partial charge in [-0.05, 0) is 94.5 Å². The van der Waals surface area contributed by atoms with Gasteiger partial charge in [-0.3, -0.25) is 0 Å². The second-order valence-corrected chi connectivity index (χ2v) is 9.07. The zero-order chi connectivity index (χ0) is 20.2. The maximum Gasteiger partial charge on any atom is 0.0158 e. The van der Waals surface area contributed by atoms with E-state index in [0.29, 0.717) is 0 Å². The number of hydrogen-bond donors (Lipinski definition) is 0. The summed E-state index contributed by atoms with van der Waals surface area (Å²) < 4.78 is 0. The molecule has 0 bridgehead atoms. The molecular formula is C29H28. The number of benzene rings is 3. The van der Waals surface area contributed by atoms with Crippen LogP contribution in [0.4, 0.5) is 0 Å². The van der Waals surface area contributed by atoms with Crippen molar-refractivity contribution >= 4 is 5.57 Å². The van der Waals surface area contributed by atoms with E-state index in [9.17, 15) is 0 Å². The van der Waals surface area contributed by atoms with Crippen LogP contribution < -0.4 is 0 Å². The molecule has 0 saturated carbocycles. The maximum absolute atomic E-state index is 2.44. The molecule has 0 spiro atoms. The van der Waals surface area contributed by atoms with E-state index in [1.54, 1.807) is 0 Å². The van der Waals surface area contributed by atoms with Crippen LogP contribution in [0.3, 0.4) is 0 Å². The van der Waals surface area contributed by atoms with Crippen LogP contribution in [0.5, 0.6) is 0 Å². The van der Waals surface area contributed by atoms with Crippen molar-refractivity contribution in [2.75, 3.05) is 0 Å². The first-order valence-corrected chi connectivity index (χ1v) is 10.7. The SMILES string of the molecule is Cc1ccc(C2=CC=CCC2)cc1-c1cc2c(cc1C)C(C)(C)c1ccccc1-2. The Labute approximate surface area is 174 Å². The van der Waals surface area contributed by atoms with Crippen molar-refractivity contribution in [1.29, 1.82) is 0 Å². The summed E-state index contributed by atoms with van der Waals surface area (Å²) in [6.45, 7) is 9.21. The number of allylic oxidation sites excluding steroid dienone is 4. The van der Waals surface area contributed by atoms with Crippen LogP contribution in [-0.2, 0) is 5.41 Å². The minimum absolute atomic E-state index is 0.0609. The Morgan fingerprint density at radius 3 is 2.31 bits per heavy atom. The van der Waals surface area contributed by atoms with Crippen molar-refractivity contribution in [1.82, 2.24) is 0 Å². The number of hydrogen-bond acceptors (Lipinski definition) is 0. The van der Waals surface area contributed by atoms with Crippen LogP contribution in [0, 0.1) is 13.8 Å². The molecule has 0 amide bonds. The highest BCUT2D eigenvalue weighted by atomic mass is 14.4. The van der Waals surface area contributed by atoms with Crippen LogP contribution in [0.25, 0.3) is 27.8 Å². The van der Waals surface area contributed by atoms with E-state index in [-0.39, 0.29) is 5.41 Å². The van der Waals surface area contributed by atoms with Gasteiger partial charge in [-0.2, -0.15) is 0 Å². The van der Waals surface area contributed by atoms with Crippen molar-refractivity contribution < 1.29 is 0 Å². The Morgan fingerprint density at radius 2 is 1.52 bits per heavy atom. The average molecular weight is 377 g/mol. The first-order valence-electron chi connectivity index (χ1n) is 10.7. The third kappa shape index (κ3) is 2.82. The second-order valence-electron chi connectivity index (χ2n) is 9.07. The molecule has 0 fully saturated rings. The molecule has 29 heavy (non-hydrogen) atoms. The molecule has 0 radical (unpaired) electrons. The van der Waals surface area contributed by atoms with E-state index in [4.69, 9.17) is 0 Å². The normalized spacial score (nSPS) is 16.3. The second kappa shape index (κ2) is 6.59. The van der Waals surface area contributed by atoms with Gasteiger partial charge < -0.3 is 0 Å². The van der Waals surface area contributed by atoms with E-state index in [1.807, 2.05) is 0 Å². The van der Waals surface area contributed by atoms with Gasteiger partial charge in [0.1, 0.15) is 0 Å². The van der Waals surface area contributed by atoms with Crippen molar-refractivity contribution in [3.05, 3.63) is 101 Å². The predicted molar refractivity (Wildman–Crippen MR) is 125 cm³/mol. The van der Waals surface area contributed by atoms with Crippen LogP contribution in [0.2, 0.25) is 0 Å². The molecule has 0 unspecified atom stereocenters. The Morgan fingerprint density at radius 1 is 0.724 bits per heavy atom. The molecule has 0 heterocycles. The van der Waals surface area contributed by atoms with Crippen LogP contribution in [0.15, 0.2) is 72.8 Å². The summed E-state index contributed by atoms with van der Waals surface area (Å²) in [5.41, 5.74) is 14.0. The van der Waals surface area contributed by atoms with Crippen LogP contribution in [0.1, 0.15) is 54.5 Å². The monoisotopic (exact) mass is 376 g/mol. The maximum atomic E-state index is 2.44. The standard InChI is InChI=1S/C29H28/c1-19-14-15-22(21-10-6-5-7-11-21)17-24(19)25-18-26-23-12-8-9-13-27(23)29(3,4)28(26)16-20(25)2/h5-6,8-10,12-18H,7,11H2,1-4H3. The molecule has 0 aliphatic heterocycles. The van der Waals surface area contributed by atoms with Crippen molar-refractivity contribution in [3.63, 3.8) is 0 Å². The van der Waals surface area contributed by atoms with Crippen molar-refractivity contribution in [2.45, 2.75) is 46.0 Å². The fourth-order valence-corrected chi connectivity index (χ4v) is 5.10. The lowest BCUT2D eigenvalue weighted by Crippen LogP contribution is -2.15. The molecule has 3 aromatic rings. The molecule has 0 heteroatoms. The molecule has 0 saturated heterocycles. The highest BCUT2D eigenvalue weighted by molar-refractivity contribution is 5.87. The van der Waals surface area contributed by atoms with E-state index >= 15 is 0 Å². The third-order valence-electron chi connectivity index (χ3n) is 6.84. The highest BCUT2D eigenvalue weighted by Crippen LogP contribution is 2.50. The van der Waals surface area contributed by atoms with E-state index in [2.05, 4.69) is 101 Å². The molecule has 0 aromatic heterocycles. The summed E-state index contributed by atoms with van der Waals surface area (Å²) in [4.78, 5) is 0. The summed E-state index contributed by atoms with van der Waals surface area (Å²) in [5.74, 6) is 0. The Balaban J connectivity index is 1.70. The summed E-state index contributed by atoms with van der Waals surface area (Å²) in [5, 5.41) is 0. The molecule has 2 aliphatic carbocycles. The van der Waals surface area contributed by atoms with E-state index in [0.717, 1.165) is 12.8 Å². The minimum Gasteiger partial charge on any atom is -0.0842 e. The predicted octanol–water partition coefficient (Wildman–Crippen LogP) is 8.01. The number of rotatable bonds is 2. The van der Waals surface area contributed by atoms with Crippen LogP contribution >= 0.6 is 0 Å². The van der Waals surface area contributed by atoms with Crippen molar-refractivity contribution in [2.24, 2.45) is 0 Å². The highest BCUT2D eigenvalue weighted by Gasteiger charge is 2.35. The first-order chi connectivity index (χ1) is 14.0. The molecule has 0 atom stereocenters. The van der Waals surface area contributed by atoms with E-state index < -0.39 is 0 Å². The first kappa shape index (κ1) is 18.2. The van der Waals surface area contributed by atoms with Crippen molar-refractivity contribution in [3.8, 4) is 22.3 Å². The lowest BCUT2D eigenvalue weighted by molar-refractivity contribution is 0.660. The quantitative estimate of drug-likeness (QED) is 0.425. The van der Waals surface area contributed by atoms with Gasteiger partial charge in [-0.1, -0.05) is 74.5 Å². The molecule has 3 aromatic carbocycles. The minimum atomic E-state index is 0.0609. The molecular weight excluding hydrogens is 348 g/mol. The Kier molecular flexibility index (Phi) is 4.13. The lowest BCUT2D eigenvalue weighted by Gasteiger charge is -2.22. The molecule has 5 rings (SSSR count). The van der Waals surface area contributed by atoms with Gasteiger partial charge >= 0.3 is 0 Å². The van der Waals surface area contributed by atoms with Gasteiger partial charge in [-0.15, -0.1) is 0 Å². The number of fused-ring (bicyclic) bond motifs is 3.